The van der Waals surface area contributed by atoms with Gasteiger partial charge >= 0.3 is 0 Å². The SMILES string of the molecule is O=c1ccnc(F)[nH]1. The molecule has 0 fully saturated rings. The summed E-state index contributed by atoms with van der Waals surface area (Å²) in [5, 5.41) is 0. The molecular formula is C4H3FN2O. The molecule has 0 unspecified atom stereocenters. The standard InChI is InChI=1S/C4H3FN2O/c5-4-6-2-1-3(8)7-4/h1-2H,(H,6,7,8). The molecule has 0 aliphatic rings. The van der Waals surface area contributed by atoms with Crippen LogP contribution < -0.4 is 5.56 Å². The molecule has 1 aromatic rings. The van der Waals surface area contributed by atoms with Crippen molar-refractivity contribution in [1.29, 1.82) is 0 Å². The van der Waals surface area contributed by atoms with Crippen molar-refractivity contribution < 1.29 is 4.39 Å². The summed E-state index contributed by atoms with van der Waals surface area (Å²) in [6.07, 6.45) is 0.256. The number of nitrogens with zero attached hydrogens (tertiary/aromatic N) is 1. The fourth-order valence-corrected chi connectivity index (χ4v) is 0.346. The van der Waals surface area contributed by atoms with Gasteiger partial charge in [-0.15, -0.1) is 0 Å². The Morgan fingerprint density at radius 1 is 1.75 bits per heavy atom. The minimum atomic E-state index is -0.850. The fourth-order valence-electron chi connectivity index (χ4n) is 0.346. The minimum absolute atomic E-state index is 0.475. The first-order chi connectivity index (χ1) is 3.79. The summed E-state index contributed by atoms with van der Waals surface area (Å²) in [4.78, 5) is 15.1. The van der Waals surface area contributed by atoms with Crippen molar-refractivity contribution in [2.75, 3.05) is 0 Å². The van der Waals surface area contributed by atoms with E-state index in [0.29, 0.717) is 0 Å². The molecule has 0 amide bonds. The van der Waals surface area contributed by atoms with Crippen molar-refractivity contribution in [3.8, 4) is 0 Å². The van der Waals surface area contributed by atoms with Crippen molar-refractivity contribution in [3.05, 3.63) is 28.7 Å². The summed E-state index contributed by atoms with van der Waals surface area (Å²) in [5.41, 5.74) is -0.475. The molecule has 0 aliphatic carbocycles. The Morgan fingerprint density at radius 2 is 2.50 bits per heavy atom. The molecule has 0 spiro atoms. The van der Waals surface area contributed by atoms with Crippen LogP contribution in [-0.2, 0) is 0 Å². The van der Waals surface area contributed by atoms with E-state index < -0.39 is 11.6 Å². The van der Waals surface area contributed by atoms with Gasteiger partial charge < -0.3 is 0 Å². The quantitative estimate of drug-likeness (QED) is 0.479. The minimum Gasteiger partial charge on any atom is -0.283 e. The Bertz CT molecular complexity index is 231. The van der Waals surface area contributed by atoms with E-state index in [-0.39, 0.29) is 0 Å². The third-order valence-corrected chi connectivity index (χ3v) is 0.640. The van der Waals surface area contributed by atoms with Gasteiger partial charge in [0.05, 0.1) is 0 Å². The molecule has 0 saturated heterocycles. The average molecular weight is 114 g/mol. The van der Waals surface area contributed by atoms with E-state index in [1.54, 1.807) is 0 Å². The van der Waals surface area contributed by atoms with Crippen molar-refractivity contribution >= 4 is 0 Å². The maximum absolute atomic E-state index is 11.8. The van der Waals surface area contributed by atoms with Gasteiger partial charge in [0.1, 0.15) is 0 Å². The number of H-pyrrole nitrogens is 1. The molecule has 8 heavy (non-hydrogen) atoms. The third kappa shape index (κ3) is 0.900. The largest absolute Gasteiger partial charge is 0.289 e. The van der Waals surface area contributed by atoms with Gasteiger partial charge in [-0.1, -0.05) is 0 Å². The summed E-state index contributed by atoms with van der Waals surface area (Å²) >= 11 is 0. The van der Waals surface area contributed by atoms with Crippen LogP contribution in [0.3, 0.4) is 0 Å². The first-order valence-electron chi connectivity index (χ1n) is 2.00. The lowest BCUT2D eigenvalue weighted by Crippen LogP contribution is -2.06. The Labute approximate surface area is 44.2 Å². The zero-order chi connectivity index (χ0) is 5.98. The van der Waals surface area contributed by atoms with Crippen LogP contribution in [0.25, 0.3) is 0 Å². The Morgan fingerprint density at radius 3 is 2.88 bits per heavy atom. The Kier molecular flexibility index (Phi) is 1.07. The van der Waals surface area contributed by atoms with Gasteiger partial charge in [-0.3, -0.25) is 9.78 Å². The van der Waals surface area contributed by atoms with Gasteiger partial charge in [-0.05, 0) is 0 Å². The van der Waals surface area contributed by atoms with Crippen molar-refractivity contribution in [2.24, 2.45) is 0 Å². The molecule has 42 valence electrons. The van der Waals surface area contributed by atoms with E-state index in [4.69, 9.17) is 0 Å². The first-order valence-corrected chi connectivity index (χ1v) is 2.00. The molecule has 1 aromatic heterocycles. The molecular weight excluding hydrogens is 111 g/mol. The molecule has 0 aromatic carbocycles. The molecule has 1 N–H and O–H groups in total. The summed E-state index contributed by atoms with van der Waals surface area (Å²) in [7, 11) is 0. The first kappa shape index (κ1) is 4.96. The van der Waals surface area contributed by atoms with E-state index in [1.165, 1.54) is 0 Å². The number of nitrogens with one attached hydrogen (secondary N) is 1. The summed E-state index contributed by atoms with van der Waals surface area (Å²) in [6, 6.07) is 1.14. The van der Waals surface area contributed by atoms with Crippen LogP contribution >= 0.6 is 0 Å². The highest BCUT2D eigenvalue weighted by Gasteiger charge is 1.85. The smallest absolute Gasteiger partial charge is 0.283 e. The monoisotopic (exact) mass is 114 g/mol. The van der Waals surface area contributed by atoms with Crippen LogP contribution in [0.2, 0.25) is 0 Å². The molecule has 1 rings (SSSR count). The molecule has 4 heteroatoms. The zero-order valence-electron chi connectivity index (χ0n) is 3.89. The van der Waals surface area contributed by atoms with E-state index in [0.717, 1.165) is 12.3 Å². The lowest BCUT2D eigenvalue weighted by atomic mass is 10.7. The van der Waals surface area contributed by atoms with Crippen LogP contribution in [0.15, 0.2) is 17.1 Å². The number of rotatable bonds is 0. The maximum atomic E-state index is 11.8. The average Bonchev–Trinajstić information content (AvgIpc) is 1.64. The van der Waals surface area contributed by atoms with Crippen LogP contribution in [0.4, 0.5) is 4.39 Å². The summed E-state index contributed by atoms with van der Waals surface area (Å²) in [5.74, 6) is 0. The molecule has 0 bridgehead atoms. The van der Waals surface area contributed by atoms with Gasteiger partial charge in [0.15, 0.2) is 0 Å². The predicted octanol–water partition coefficient (Wildman–Crippen LogP) is -0.0910. The van der Waals surface area contributed by atoms with Gasteiger partial charge in [-0.25, -0.2) is 4.98 Å². The van der Waals surface area contributed by atoms with Crippen molar-refractivity contribution in [2.45, 2.75) is 0 Å². The second kappa shape index (κ2) is 1.73. The van der Waals surface area contributed by atoms with Crippen LogP contribution in [0, 0.1) is 6.08 Å². The zero-order valence-corrected chi connectivity index (χ0v) is 3.89. The second-order valence-electron chi connectivity index (χ2n) is 1.22. The highest BCUT2D eigenvalue weighted by Crippen LogP contribution is 1.73. The molecule has 1 heterocycles. The highest BCUT2D eigenvalue weighted by atomic mass is 19.1. The summed E-state index contributed by atoms with van der Waals surface area (Å²) < 4.78 is 11.8. The number of hydrogen-bond donors (Lipinski definition) is 1. The normalized spacial score (nSPS) is 9.12. The molecule has 3 nitrogen and oxygen atoms in total. The van der Waals surface area contributed by atoms with Crippen LogP contribution in [0.1, 0.15) is 0 Å². The molecule has 0 radical (unpaired) electrons. The van der Waals surface area contributed by atoms with E-state index in [2.05, 4.69) is 4.98 Å². The number of aromatic nitrogens is 2. The van der Waals surface area contributed by atoms with E-state index in [9.17, 15) is 9.18 Å². The molecule has 0 saturated carbocycles. The van der Waals surface area contributed by atoms with Gasteiger partial charge in [-0.2, -0.15) is 4.39 Å². The number of hydrogen-bond acceptors (Lipinski definition) is 2. The lowest BCUT2D eigenvalue weighted by molar-refractivity contribution is 0.534. The molecule has 0 atom stereocenters. The van der Waals surface area contributed by atoms with E-state index in [1.807, 2.05) is 4.98 Å². The van der Waals surface area contributed by atoms with Gasteiger partial charge in [0.25, 0.3) is 11.6 Å². The van der Waals surface area contributed by atoms with E-state index >= 15 is 0 Å². The third-order valence-electron chi connectivity index (χ3n) is 0.640. The highest BCUT2D eigenvalue weighted by molar-refractivity contribution is 4.78. The fraction of sp³-hybridized carbons (Fsp3) is 0. The van der Waals surface area contributed by atoms with Crippen LogP contribution in [0.5, 0.6) is 0 Å². The van der Waals surface area contributed by atoms with Crippen LogP contribution in [-0.4, -0.2) is 9.97 Å². The van der Waals surface area contributed by atoms with Crippen molar-refractivity contribution in [3.63, 3.8) is 0 Å². The maximum Gasteiger partial charge on any atom is 0.289 e. The number of aromatic amines is 1. The lowest BCUT2D eigenvalue weighted by Gasteiger charge is -1.79. The second-order valence-corrected chi connectivity index (χ2v) is 1.22. The molecule has 0 aliphatic heterocycles. The van der Waals surface area contributed by atoms with Gasteiger partial charge in [0.2, 0.25) is 0 Å². The Hall–Kier alpha value is -1.19. The van der Waals surface area contributed by atoms with Crippen molar-refractivity contribution in [1.82, 2.24) is 9.97 Å². The predicted molar refractivity (Wildman–Crippen MR) is 24.8 cm³/mol. The number of halogens is 1. The topological polar surface area (TPSA) is 45.8 Å². The summed E-state index contributed by atoms with van der Waals surface area (Å²) in [6.45, 7) is 0. The Balaban J connectivity index is 3.28. The van der Waals surface area contributed by atoms with Gasteiger partial charge in [0, 0.05) is 12.3 Å².